The van der Waals surface area contributed by atoms with E-state index in [0.717, 1.165) is 5.69 Å². The third-order valence-electron chi connectivity index (χ3n) is 2.73. The fraction of sp³-hybridized carbons (Fsp3) is 0.308. The lowest BCUT2D eigenvalue weighted by Gasteiger charge is -2.19. The lowest BCUT2D eigenvalue weighted by atomic mass is 10.2. The zero-order valence-corrected chi connectivity index (χ0v) is 12.0. The number of carbonyl (C=O) groups is 1. The first kappa shape index (κ1) is 13.5. The maximum absolute atomic E-state index is 12.4. The van der Waals surface area contributed by atoms with Gasteiger partial charge in [0.05, 0.1) is 0 Å². The molecule has 1 amide bonds. The molecule has 0 fully saturated rings. The second-order valence-corrected chi connectivity index (χ2v) is 5.02. The maximum atomic E-state index is 12.4. The number of anilines is 2. The van der Waals surface area contributed by atoms with E-state index in [1.54, 1.807) is 11.9 Å². The Morgan fingerprint density at radius 1 is 1.32 bits per heavy atom. The molecule has 0 saturated heterocycles. The number of aromatic nitrogens is 2. The van der Waals surface area contributed by atoms with Crippen LogP contribution in [0.4, 0.5) is 10.8 Å². The molecule has 5 nitrogen and oxygen atoms in total. The van der Waals surface area contributed by atoms with Crippen molar-refractivity contribution in [3.8, 4) is 0 Å². The molecule has 0 bridgehead atoms. The number of amides is 1. The standard InChI is InChI=1S/C13H16N4OS/c1-4-17(10-7-5-9(2)6-8-10)12(18)11-15-16-13(14-3)19-11/h5-8H,4H2,1-3H3,(H,14,16). The van der Waals surface area contributed by atoms with Crippen molar-refractivity contribution in [3.05, 3.63) is 34.8 Å². The van der Waals surface area contributed by atoms with Crippen molar-refractivity contribution in [2.24, 2.45) is 0 Å². The molecule has 1 aromatic carbocycles. The predicted molar refractivity (Wildman–Crippen MR) is 78.0 cm³/mol. The van der Waals surface area contributed by atoms with Crippen molar-refractivity contribution in [2.75, 3.05) is 23.8 Å². The van der Waals surface area contributed by atoms with Gasteiger partial charge in [0, 0.05) is 19.3 Å². The van der Waals surface area contributed by atoms with Crippen LogP contribution in [0.5, 0.6) is 0 Å². The molecule has 0 atom stereocenters. The summed E-state index contributed by atoms with van der Waals surface area (Å²) in [4.78, 5) is 14.1. The highest BCUT2D eigenvalue weighted by atomic mass is 32.1. The van der Waals surface area contributed by atoms with Crippen molar-refractivity contribution in [2.45, 2.75) is 13.8 Å². The number of hydrogen-bond donors (Lipinski definition) is 1. The molecule has 1 aromatic heterocycles. The Morgan fingerprint density at radius 3 is 2.53 bits per heavy atom. The summed E-state index contributed by atoms with van der Waals surface area (Å²) >= 11 is 1.26. The normalized spacial score (nSPS) is 10.3. The topological polar surface area (TPSA) is 58.1 Å². The van der Waals surface area contributed by atoms with E-state index in [0.29, 0.717) is 16.7 Å². The molecule has 1 N–H and O–H groups in total. The van der Waals surface area contributed by atoms with Crippen LogP contribution in [0.15, 0.2) is 24.3 Å². The Kier molecular flexibility index (Phi) is 4.11. The number of hydrogen-bond acceptors (Lipinski definition) is 5. The minimum Gasteiger partial charge on any atom is -0.363 e. The molecule has 6 heteroatoms. The first-order valence-corrected chi connectivity index (χ1v) is 6.87. The molecule has 2 aromatic rings. The number of rotatable bonds is 4. The van der Waals surface area contributed by atoms with Gasteiger partial charge < -0.3 is 10.2 Å². The van der Waals surface area contributed by atoms with E-state index in [-0.39, 0.29) is 5.91 Å². The van der Waals surface area contributed by atoms with Gasteiger partial charge in [-0.3, -0.25) is 4.79 Å². The van der Waals surface area contributed by atoms with E-state index in [9.17, 15) is 4.79 Å². The first-order valence-electron chi connectivity index (χ1n) is 6.05. The van der Waals surface area contributed by atoms with Crippen LogP contribution in [0.1, 0.15) is 22.3 Å². The monoisotopic (exact) mass is 276 g/mol. The van der Waals surface area contributed by atoms with Gasteiger partial charge in [-0.1, -0.05) is 29.0 Å². The second-order valence-electron chi connectivity index (χ2n) is 4.05. The smallest absolute Gasteiger partial charge is 0.289 e. The van der Waals surface area contributed by atoms with E-state index in [4.69, 9.17) is 0 Å². The third kappa shape index (κ3) is 2.90. The second kappa shape index (κ2) is 5.79. The van der Waals surface area contributed by atoms with Crippen molar-refractivity contribution in [1.29, 1.82) is 0 Å². The minimum atomic E-state index is -0.120. The SMILES string of the molecule is CCN(C(=O)c1nnc(NC)s1)c1ccc(C)cc1. The number of aryl methyl sites for hydroxylation is 1. The van der Waals surface area contributed by atoms with Crippen LogP contribution in [-0.4, -0.2) is 29.7 Å². The van der Waals surface area contributed by atoms with Gasteiger partial charge >= 0.3 is 0 Å². The molecule has 0 aliphatic carbocycles. The van der Waals surface area contributed by atoms with Crippen LogP contribution in [0.2, 0.25) is 0 Å². The zero-order valence-electron chi connectivity index (χ0n) is 11.2. The molecule has 2 rings (SSSR count). The van der Waals surface area contributed by atoms with E-state index < -0.39 is 0 Å². The number of benzene rings is 1. The molecule has 0 saturated carbocycles. The zero-order chi connectivity index (χ0) is 13.8. The van der Waals surface area contributed by atoms with E-state index in [1.165, 1.54) is 16.9 Å². The van der Waals surface area contributed by atoms with Crippen LogP contribution >= 0.6 is 11.3 Å². The van der Waals surface area contributed by atoms with Gasteiger partial charge in [0.1, 0.15) is 0 Å². The Hall–Kier alpha value is -1.95. The summed E-state index contributed by atoms with van der Waals surface area (Å²) < 4.78 is 0. The molecule has 0 aliphatic rings. The van der Waals surface area contributed by atoms with Gasteiger partial charge in [-0.2, -0.15) is 0 Å². The van der Waals surface area contributed by atoms with E-state index >= 15 is 0 Å². The number of nitrogens with zero attached hydrogens (tertiary/aromatic N) is 3. The largest absolute Gasteiger partial charge is 0.363 e. The first-order chi connectivity index (χ1) is 9.15. The molecule has 0 unspecified atom stereocenters. The van der Waals surface area contributed by atoms with Gasteiger partial charge in [0.15, 0.2) is 0 Å². The van der Waals surface area contributed by atoms with Crippen LogP contribution in [0, 0.1) is 6.92 Å². The summed E-state index contributed by atoms with van der Waals surface area (Å²) in [5, 5.41) is 11.7. The molecule has 0 spiro atoms. The fourth-order valence-electron chi connectivity index (χ4n) is 1.69. The molecular formula is C13H16N4OS. The average molecular weight is 276 g/mol. The fourth-order valence-corrected chi connectivity index (χ4v) is 2.34. The summed E-state index contributed by atoms with van der Waals surface area (Å²) in [6.07, 6.45) is 0. The van der Waals surface area contributed by atoms with Gasteiger partial charge in [0.25, 0.3) is 5.91 Å². The van der Waals surface area contributed by atoms with Crippen molar-refractivity contribution in [1.82, 2.24) is 10.2 Å². The molecule has 100 valence electrons. The lowest BCUT2D eigenvalue weighted by Crippen LogP contribution is -2.30. The van der Waals surface area contributed by atoms with Gasteiger partial charge in [-0.05, 0) is 26.0 Å². The predicted octanol–water partition coefficient (Wildman–Crippen LogP) is 2.55. The van der Waals surface area contributed by atoms with Crippen molar-refractivity contribution in [3.63, 3.8) is 0 Å². The average Bonchev–Trinajstić information content (AvgIpc) is 2.90. The quantitative estimate of drug-likeness (QED) is 0.932. The Bertz CT molecular complexity index is 564. The highest BCUT2D eigenvalue weighted by Crippen LogP contribution is 2.21. The molecule has 1 heterocycles. The highest BCUT2D eigenvalue weighted by Gasteiger charge is 2.20. The third-order valence-corrected chi connectivity index (χ3v) is 3.66. The Balaban J connectivity index is 2.26. The number of nitrogens with one attached hydrogen (secondary N) is 1. The van der Waals surface area contributed by atoms with Crippen molar-refractivity contribution < 1.29 is 4.79 Å². The summed E-state index contributed by atoms with van der Waals surface area (Å²) in [5.74, 6) is -0.120. The highest BCUT2D eigenvalue weighted by molar-refractivity contribution is 7.17. The van der Waals surface area contributed by atoms with Crippen molar-refractivity contribution >= 4 is 28.1 Å². The summed E-state index contributed by atoms with van der Waals surface area (Å²) in [5.41, 5.74) is 2.04. The summed E-state index contributed by atoms with van der Waals surface area (Å²) in [6.45, 7) is 4.56. The van der Waals surface area contributed by atoms with Crippen LogP contribution < -0.4 is 10.2 Å². The Labute approximate surface area is 116 Å². The van der Waals surface area contributed by atoms with Crippen LogP contribution in [-0.2, 0) is 0 Å². The van der Waals surface area contributed by atoms with Crippen LogP contribution in [0.25, 0.3) is 0 Å². The van der Waals surface area contributed by atoms with Gasteiger partial charge in [0.2, 0.25) is 10.1 Å². The van der Waals surface area contributed by atoms with Gasteiger partial charge in [-0.15, -0.1) is 10.2 Å². The van der Waals surface area contributed by atoms with E-state index in [2.05, 4.69) is 15.5 Å². The lowest BCUT2D eigenvalue weighted by molar-refractivity contribution is 0.0987. The summed E-state index contributed by atoms with van der Waals surface area (Å²) in [7, 11) is 1.76. The summed E-state index contributed by atoms with van der Waals surface area (Å²) in [6, 6.07) is 7.86. The minimum absolute atomic E-state index is 0.120. The maximum Gasteiger partial charge on any atom is 0.289 e. The molecule has 0 aliphatic heterocycles. The number of carbonyl (C=O) groups excluding carboxylic acids is 1. The molecule has 0 radical (unpaired) electrons. The van der Waals surface area contributed by atoms with Crippen LogP contribution in [0.3, 0.4) is 0 Å². The molecular weight excluding hydrogens is 260 g/mol. The van der Waals surface area contributed by atoms with Gasteiger partial charge in [-0.25, -0.2) is 0 Å². The molecule has 19 heavy (non-hydrogen) atoms. The van der Waals surface area contributed by atoms with E-state index in [1.807, 2.05) is 38.1 Å². The Morgan fingerprint density at radius 2 is 2.00 bits per heavy atom.